The zero-order chi connectivity index (χ0) is 9.10. The third-order valence-corrected chi connectivity index (χ3v) is 2.15. The Hall–Kier alpha value is -1.63. The number of hydrogen-bond acceptors (Lipinski definition) is 1. The molecule has 1 heterocycles. The Balaban J connectivity index is 2.34. The van der Waals surface area contributed by atoms with Crippen LogP contribution in [0.4, 0.5) is 0 Å². The van der Waals surface area contributed by atoms with E-state index in [1.807, 2.05) is 12.3 Å². The van der Waals surface area contributed by atoms with Crippen molar-refractivity contribution in [3.05, 3.63) is 60.5 Å². The van der Waals surface area contributed by atoms with E-state index < -0.39 is 0 Å². The maximum absolute atomic E-state index is 4.16. The number of hydrogen-bond donors (Lipinski definition) is 0. The highest BCUT2D eigenvalue weighted by atomic mass is 14.7. The van der Waals surface area contributed by atoms with Gasteiger partial charge in [0.05, 0.1) is 5.69 Å². The minimum Gasteiger partial charge on any atom is -0.257 e. The number of nitrogens with zero attached hydrogens (tertiary/aromatic N) is 1. The fraction of sp³-hybridized carbons (Fsp3) is 0.0833. The Morgan fingerprint density at radius 1 is 1.31 bits per heavy atom. The fourth-order valence-corrected chi connectivity index (χ4v) is 1.44. The second-order valence-electron chi connectivity index (χ2n) is 3.01. The van der Waals surface area contributed by atoms with Gasteiger partial charge < -0.3 is 0 Å². The standard InChI is InChI=1S/C12H11N/c1-2-12-9-11(7-8-13-12)10-5-3-4-6-10/h2-10H,1H2. The summed E-state index contributed by atoms with van der Waals surface area (Å²) in [6.07, 6.45) is 12.1. The van der Waals surface area contributed by atoms with Crippen LogP contribution >= 0.6 is 0 Å². The zero-order valence-corrected chi connectivity index (χ0v) is 7.35. The van der Waals surface area contributed by atoms with Gasteiger partial charge >= 0.3 is 0 Å². The second-order valence-corrected chi connectivity index (χ2v) is 3.01. The lowest BCUT2D eigenvalue weighted by atomic mass is 10.0. The summed E-state index contributed by atoms with van der Waals surface area (Å²) in [5.74, 6) is 0.418. The van der Waals surface area contributed by atoms with Gasteiger partial charge in [0.15, 0.2) is 0 Å². The molecule has 0 aromatic carbocycles. The van der Waals surface area contributed by atoms with Crippen molar-refractivity contribution in [1.82, 2.24) is 4.98 Å². The van der Waals surface area contributed by atoms with Crippen LogP contribution in [0, 0.1) is 0 Å². The Bertz CT molecular complexity index is 362. The van der Waals surface area contributed by atoms with E-state index in [4.69, 9.17) is 0 Å². The Morgan fingerprint density at radius 3 is 2.77 bits per heavy atom. The topological polar surface area (TPSA) is 12.9 Å². The lowest BCUT2D eigenvalue weighted by molar-refractivity contribution is 1.08. The van der Waals surface area contributed by atoms with E-state index in [1.54, 1.807) is 6.08 Å². The number of allylic oxidation sites excluding steroid dienone is 4. The smallest absolute Gasteiger partial charge is 0.0626 e. The molecule has 0 saturated carbocycles. The molecule has 1 aliphatic carbocycles. The largest absolute Gasteiger partial charge is 0.257 e. The summed E-state index contributed by atoms with van der Waals surface area (Å²) in [5, 5.41) is 0. The first-order valence-corrected chi connectivity index (χ1v) is 4.33. The van der Waals surface area contributed by atoms with Crippen molar-refractivity contribution < 1.29 is 0 Å². The average molecular weight is 169 g/mol. The molecule has 0 bridgehead atoms. The van der Waals surface area contributed by atoms with Gasteiger partial charge in [-0.2, -0.15) is 0 Å². The van der Waals surface area contributed by atoms with Crippen LogP contribution in [-0.4, -0.2) is 4.98 Å². The number of pyridine rings is 1. The average Bonchev–Trinajstić information content (AvgIpc) is 2.71. The van der Waals surface area contributed by atoms with Gasteiger partial charge in [0.25, 0.3) is 0 Å². The quantitative estimate of drug-likeness (QED) is 0.663. The normalized spacial score (nSPS) is 15.1. The first-order chi connectivity index (χ1) is 6.40. The SMILES string of the molecule is C=Cc1cc(C2C=CC=C2)ccn1. The van der Waals surface area contributed by atoms with Gasteiger partial charge in [-0.05, 0) is 23.8 Å². The molecular formula is C12H11N. The van der Waals surface area contributed by atoms with Crippen molar-refractivity contribution in [1.29, 1.82) is 0 Å². The molecule has 0 amide bonds. The van der Waals surface area contributed by atoms with Crippen LogP contribution in [0.25, 0.3) is 6.08 Å². The molecule has 1 aliphatic rings. The van der Waals surface area contributed by atoms with E-state index in [0.717, 1.165) is 5.69 Å². The van der Waals surface area contributed by atoms with E-state index in [1.165, 1.54) is 5.56 Å². The molecule has 0 aliphatic heterocycles. The molecule has 0 radical (unpaired) electrons. The molecule has 0 atom stereocenters. The molecule has 1 aromatic rings. The van der Waals surface area contributed by atoms with Crippen LogP contribution in [0.3, 0.4) is 0 Å². The Labute approximate surface area is 78.1 Å². The van der Waals surface area contributed by atoms with Crippen molar-refractivity contribution in [2.24, 2.45) is 0 Å². The van der Waals surface area contributed by atoms with Crippen molar-refractivity contribution >= 4 is 6.08 Å². The van der Waals surface area contributed by atoms with Crippen LogP contribution in [0.5, 0.6) is 0 Å². The van der Waals surface area contributed by atoms with Gasteiger partial charge in [-0.25, -0.2) is 0 Å². The van der Waals surface area contributed by atoms with Crippen LogP contribution in [-0.2, 0) is 0 Å². The summed E-state index contributed by atoms with van der Waals surface area (Å²) in [7, 11) is 0. The monoisotopic (exact) mass is 169 g/mol. The zero-order valence-electron chi connectivity index (χ0n) is 7.35. The summed E-state index contributed by atoms with van der Waals surface area (Å²) in [6, 6.07) is 4.11. The lowest BCUT2D eigenvalue weighted by Gasteiger charge is -2.05. The molecule has 0 N–H and O–H groups in total. The molecule has 1 heteroatoms. The first kappa shape index (κ1) is 7.99. The van der Waals surface area contributed by atoms with Crippen LogP contribution < -0.4 is 0 Å². The van der Waals surface area contributed by atoms with Gasteiger partial charge in [-0.15, -0.1) is 0 Å². The summed E-state index contributed by atoms with van der Waals surface area (Å²) >= 11 is 0. The van der Waals surface area contributed by atoms with E-state index in [-0.39, 0.29) is 0 Å². The molecule has 1 nitrogen and oxygen atoms in total. The molecular weight excluding hydrogens is 158 g/mol. The highest BCUT2D eigenvalue weighted by Gasteiger charge is 2.06. The molecule has 0 fully saturated rings. The molecule has 1 aromatic heterocycles. The van der Waals surface area contributed by atoms with E-state index in [9.17, 15) is 0 Å². The first-order valence-electron chi connectivity index (χ1n) is 4.33. The predicted octanol–water partition coefficient (Wildman–Crippen LogP) is 2.93. The highest BCUT2D eigenvalue weighted by molar-refractivity contribution is 5.45. The van der Waals surface area contributed by atoms with Crippen LogP contribution in [0.15, 0.2) is 49.2 Å². The third kappa shape index (κ3) is 1.59. The highest BCUT2D eigenvalue weighted by Crippen LogP contribution is 2.22. The second kappa shape index (κ2) is 3.40. The molecule has 0 spiro atoms. The van der Waals surface area contributed by atoms with Crippen molar-refractivity contribution in [2.45, 2.75) is 5.92 Å². The summed E-state index contributed by atoms with van der Waals surface area (Å²) in [4.78, 5) is 4.16. The molecule has 0 saturated heterocycles. The van der Waals surface area contributed by atoms with Gasteiger partial charge in [0.2, 0.25) is 0 Å². The summed E-state index contributed by atoms with van der Waals surface area (Å²) in [6.45, 7) is 3.70. The van der Waals surface area contributed by atoms with Gasteiger partial charge in [0, 0.05) is 12.1 Å². The van der Waals surface area contributed by atoms with Crippen LogP contribution in [0.1, 0.15) is 17.2 Å². The Kier molecular flexibility index (Phi) is 2.09. The minimum absolute atomic E-state index is 0.418. The van der Waals surface area contributed by atoms with Crippen LogP contribution in [0.2, 0.25) is 0 Å². The van der Waals surface area contributed by atoms with Crippen molar-refractivity contribution in [2.75, 3.05) is 0 Å². The number of aromatic nitrogens is 1. The van der Waals surface area contributed by atoms with Gasteiger partial charge in [0.1, 0.15) is 0 Å². The fourth-order valence-electron chi connectivity index (χ4n) is 1.44. The summed E-state index contributed by atoms with van der Waals surface area (Å²) < 4.78 is 0. The van der Waals surface area contributed by atoms with Gasteiger partial charge in [-0.3, -0.25) is 4.98 Å². The molecule has 13 heavy (non-hydrogen) atoms. The number of rotatable bonds is 2. The van der Waals surface area contributed by atoms with E-state index in [2.05, 4.69) is 41.9 Å². The molecule has 2 rings (SSSR count). The summed E-state index contributed by atoms with van der Waals surface area (Å²) in [5.41, 5.74) is 2.21. The predicted molar refractivity (Wildman–Crippen MR) is 55.3 cm³/mol. The third-order valence-electron chi connectivity index (χ3n) is 2.15. The van der Waals surface area contributed by atoms with E-state index >= 15 is 0 Å². The van der Waals surface area contributed by atoms with Crippen molar-refractivity contribution in [3.8, 4) is 0 Å². The molecule has 64 valence electrons. The van der Waals surface area contributed by atoms with E-state index in [0.29, 0.717) is 5.92 Å². The maximum Gasteiger partial charge on any atom is 0.0626 e. The maximum atomic E-state index is 4.16. The molecule has 0 unspecified atom stereocenters. The van der Waals surface area contributed by atoms with Gasteiger partial charge in [-0.1, -0.05) is 30.9 Å². The minimum atomic E-state index is 0.418. The lowest BCUT2D eigenvalue weighted by Crippen LogP contribution is -1.90. The Morgan fingerprint density at radius 2 is 2.08 bits per heavy atom. The van der Waals surface area contributed by atoms with Crippen molar-refractivity contribution in [3.63, 3.8) is 0 Å².